The average Bonchev–Trinajstić information content (AvgIpc) is 2.53. The number of hydrogen-bond acceptors (Lipinski definition) is 5. The number of nitrogens with one attached hydrogen (secondary N) is 1. The molecule has 0 radical (unpaired) electrons. The maximum atomic E-state index is 5.31. The Labute approximate surface area is 83.6 Å². The molecule has 0 atom stereocenters. The molecule has 0 aliphatic heterocycles. The molecule has 6 nitrogen and oxygen atoms in total. The largest absolute Gasteiger partial charge is 0.377 e. The van der Waals surface area contributed by atoms with Crippen molar-refractivity contribution >= 4 is 0 Å². The second-order valence-corrected chi connectivity index (χ2v) is 3.75. The molecule has 0 saturated carbocycles. The van der Waals surface area contributed by atoms with Crippen LogP contribution in [0.25, 0.3) is 0 Å². The smallest absolute Gasteiger partial charge is 0.165 e. The summed E-state index contributed by atoms with van der Waals surface area (Å²) in [6, 6.07) is 0. The van der Waals surface area contributed by atoms with Crippen molar-refractivity contribution in [3.8, 4) is 0 Å². The lowest BCUT2D eigenvalue weighted by atomic mass is 10.1. The first-order chi connectivity index (χ1) is 6.59. The first kappa shape index (κ1) is 11.1. The third-order valence-corrected chi connectivity index (χ3v) is 2.02. The SMILES string of the molecule is CNCc1nnnn1CC(C)(C)OC. The van der Waals surface area contributed by atoms with E-state index < -0.39 is 0 Å². The summed E-state index contributed by atoms with van der Waals surface area (Å²) < 4.78 is 7.06. The van der Waals surface area contributed by atoms with Crippen LogP contribution in [0.1, 0.15) is 19.7 Å². The van der Waals surface area contributed by atoms with Gasteiger partial charge in [0.2, 0.25) is 0 Å². The van der Waals surface area contributed by atoms with Crippen LogP contribution in [-0.4, -0.2) is 40.0 Å². The monoisotopic (exact) mass is 199 g/mol. The van der Waals surface area contributed by atoms with E-state index in [0.29, 0.717) is 13.1 Å². The molecule has 1 rings (SSSR count). The van der Waals surface area contributed by atoms with Crippen molar-refractivity contribution in [3.63, 3.8) is 0 Å². The predicted molar refractivity (Wildman–Crippen MR) is 51.7 cm³/mol. The number of rotatable bonds is 5. The number of ether oxygens (including phenoxy) is 1. The second-order valence-electron chi connectivity index (χ2n) is 3.75. The molecule has 0 bridgehead atoms. The highest BCUT2D eigenvalue weighted by molar-refractivity contribution is 4.82. The minimum Gasteiger partial charge on any atom is -0.377 e. The summed E-state index contributed by atoms with van der Waals surface area (Å²) >= 11 is 0. The summed E-state index contributed by atoms with van der Waals surface area (Å²) in [6.07, 6.45) is 0. The Hall–Kier alpha value is -1.01. The molecule has 1 heterocycles. The van der Waals surface area contributed by atoms with E-state index in [0.717, 1.165) is 5.82 Å². The van der Waals surface area contributed by atoms with Gasteiger partial charge in [-0.15, -0.1) is 5.10 Å². The van der Waals surface area contributed by atoms with Gasteiger partial charge in [0.25, 0.3) is 0 Å². The summed E-state index contributed by atoms with van der Waals surface area (Å²) in [6.45, 7) is 5.30. The van der Waals surface area contributed by atoms with Crippen LogP contribution in [0.5, 0.6) is 0 Å². The fourth-order valence-electron chi connectivity index (χ4n) is 1.06. The van der Waals surface area contributed by atoms with Gasteiger partial charge in [0, 0.05) is 7.11 Å². The van der Waals surface area contributed by atoms with Gasteiger partial charge >= 0.3 is 0 Å². The zero-order valence-electron chi connectivity index (χ0n) is 9.11. The highest BCUT2D eigenvalue weighted by Crippen LogP contribution is 2.10. The van der Waals surface area contributed by atoms with Crippen LogP contribution in [0.3, 0.4) is 0 Å². The van der Waals surface area contributed by atoms with Crippen molar-refractivity contribution in [1.29, 1.82) is 0 Å². The van der Waals surface area contributed by atoms with Gasteiger partial charge in [-0.1, -0.05) is 0 Å². The van der Waals surface area contributed by atoms with E-state index in [1.165, 1.54) is 0 Å². The zero-order chi connectivity index (χ0) is 10.6. The normalized spacial score (nSPS) is 12.0. The Kier molecular flexibility index (Phi) is 3.54. The lowest BCUT2D eigenvalue weighted by Crippen LogP contribution is -2.31. The summed E-state index contributed by atoms with van der Waals surface area (Å²) in [5.41, 5.74) is -0.252. The lowest BCUT2D eigenvalue weighted by molar-refractivity contribution is 0.00425. The minimum absolute atomic E-state index is 0.252. The summed E-state index contributed by atoms with van der Waals surface area (Å²) in [5.74, 6) is 0.817. The quantitative estimate of drug-likeness (QED) is 0.712. The minimum atomic E-state index is -0.252. The molecule has 14 heavy (non-hydrogen) atoms. The van der Waals surface area contributed by atoms with Crippen LogP contribution in [0.15, 0.2) is 0 Å². The van der Waals surface area contributed by atoms with E-state index in [4.69, 9.17) is 4.74 Å². The van der Waals surface area contributed by atoms with Gasteiger partial charge in [0.15, 0.2) is 5.82 Å². The van der Waals surface area contributed by atoms with E-state index >= 15 is 0 Å². The van der Waals surface area contributed by atoms with E-state index in [9.17, 15) is 0 Å². The highest BCUT2D eigenvalue weighted by atomic mass is 16.5. The Balaban J connectivity index is 2.70. The van der Waals surface area contributed by atoms with Crippen molar-refractivity contribution < 1.29 is 4.74 Å². The van der Waals surface area contributed by atoms with E-state index in [1.54, 1.807) is 11.8 Å². The standard InChI is InChI=1S/C8H17N5O/c1-8(2,14-4)6-13-7(5-9-3)10-11-12-13/h9H,5-6H2,1-4H3. The fourth-order valence-corrected chi connectivity index (χ4v) is 1.06. The van der Waals surface area contributed by atoms with Crippen LogP contribution in [-0.2, 0) is 17.8 Å². The Morgan fingerprint density at radius 1 is 1.50 bits per heavy atom. The Morgan fingerprint density at radius 3 is 2.79 bits per heavy atom. The molecule has 1 aromatic heterocycles. The highest BCUT2D eigenvalue weighted by Gasteiger charge is 2.19. The third-order valence-electron chi connectivity index (χ3n) is 2.02. The molecule has 6 heteroatoms. The van der Waals surface area contributed by atoms with E-state index in [2.05, 4.69) is 20.8 Å². The maximum absolute atomic E-state index is 5.31. The topological polar surface area (TPSA) is 64.9 Å². The van der Waals surface area contributed by atoms with Crippen LogP contribution >= 0.6 is 0 Å². The van der Waals surface area contributed by atoms with Crippen molar-refractivity contribution in [2.45, 2.75) is 32.5 Å². The number of hydrogen-bond donors (Lipinski definition) is 1. The van der Waals surface area contributed by atoms with Crippen molar-refractivity contribution in [3.05, 3.63) is 5.82 Å². The number of aromatic nitrogens is 4. The van der Waals surface area contributed by atoms with Crippen molar-refractivity contribution in [2.24, 2.45) is 0 Å². The van der Waals surface area contributed by atoms with Crippen molar-refractivity contribution in [2.75, 3.05) is 14.2 Å². The molecule has 0 aliphatic rings. The lowest BCUT2D eigenvalue weighted by Gasteiger charge is -2.22. The number of tetrazole rings is 1. The van der Waals surface area contributed by atoms with Crippen LogP contribution < -0.4 is 5.32 Å². The molecule has 0 amide bonds. The molecule has 1 N–H and O–H groups in total. The van der Waals surface area contributed by atoms with Gasteiger partial charge in [-0.25, -0.2) is 4.68 Å². The van der Waals surface area contributed by atoms with Crippen LogP contribution in [0.4, 0.5) is 0 Å². The molecule has 0 unspecified atom stereocenters. The predicted octanol–water partition coefficient (Wildman–Crippen LogP) is -0.183. The molecule has 80 valence electrons. The fraction of sp³-hybridized carbons (Fsp3) is 0.875. The van der Waals surface area contributed by atoms with E-state index in [-0.39, 0.29) is 5.60 Å². The summed E-state index contributed by atoms with van der Waals surface area (Å²) in [4.78, 5) is 0. The summed E-state index contributed by atoms with van der Waals surface area (Å²) in [5, 5.41) is 14.4. The third kappa shape index (κ3) is 2.74. The van der Waals surface area contributed by atoms with Gasteiger partial charge in [-0.05, 0) is 31.3 Å². The van der Waals surface area contributed by atoms with Crippen LogP contribution in [0, 0.1) is 0 Å². The van der Waals surface area contributed by atoms with E-state index in [1.807, 2.05) is 20.9 Å². The molecule has 0 saturated heterocycles. The summed E-state index contributed by atoms with van der Waals surface area (Å²) in [7, 11) is 3.54. The van der Waals surface area contributed by atoms with Gasteiger partial charge in [0.05, 0.1) is 18.7 Å². The molecule has 1 aromatic rings. The Morgan fingerprint density at radius 2 is 2.21 bits per heavy atom. The van der Waals surface area contributed by atoms with Crippen LogP contribution in [0.2, 0.25) is 0 Å². The Bertz CT molecular complexity index is 283. The first-order valence-corrected chi connectivity index (χ1v) is 4.54. The maximum Gasteiger partial charge on any atom is 0.165 e. The molecule has 0 aromatic carbocycles. The van der Waals surface area contributed by atoms with Gasteiger partial charge in [0.1, 0.15) is 0 Å². The second kappa shape index (κ2) is 4.47. The molecule has 0 aliphatic carbocycles. The zero-order valence-corrected chi connectivity index (χ0v) is 9.11. The number of nitrogens with zero attached hydrogens (tertiary/aromatic N) is 4. The number of methoxy groups -OCH3 is 1. The molecule has 0 spiro atoms. The van der Waals surface area contributed by atoms with Crippen molar-refractivity contribution in [1.82, 2.24) is 25.5 Å². The molecular formula is C8H17N5O. The average molecular weight is 199 g/mol. The first-order valence-electron chi connectivity index (χ1n) is 4.54. The van der Waals surface area contributed by atoms with Gasteiger partial charge in [-0.2, -0.15) is 0 Å². The molecule has 0 fully saturated rings. The molecular weight excluding hydrogens is 182 g/mol. The van der Waals surface area contributed by atoms with Gasteiger partial charge in [-0.3, -0.25) is 0 Å². The van der Waals surface area contributed by atoms with Gasteiger partial charge < -0.3 is 10.1 Å².